The predicted octanol–water partition coefficient (Wildman–Crippen LogP) is 3.81. The molecule has 0 spiro atoms. The maximum Gasteiger partial charge on any atom is 0.336 e. The fourth-order valence-electron chi connectivity index (χ4n) is 3.59. The third-order valence-electron chi connectivity index (χ3n) is 4.97. The first-order valence-electron chi connectivity index (χ1n) is 9.03. The van der Waals surface area contributed by atoms with Gasteiger partial charge in [-0.15, -0.1) is 0 Å². The van der Waals surface area contributed by atoms with Gasteiger partial charge in [-0.25, -0.2) is 4.79 Å². The van der Waals surface area contributed by atoms with Gasteiger partial charge in [0.15, 0.2) is 0 Å². The molecule has 0 saturated carbocycles. The molecular weight excluding hydrogens is 322 g/mol. The Hall–Kier alpha value is -2.91. The molecule has 0 unspecified atom stereocenters. The third kappa shape index (κ3) is 3.26. The molecule has 1 atom stereocenters. The molecule has 3 aromatic carbocycles. The van der Waals surface area contributed by atoms with Crippen LogP contribution in [0.25, 0.3) is 21.7 Å². The average Bonchev–Trinajstić information content (AvgIpc) is 2.68. The van der Waals surface area contributed by atoms with Crippen LogP contribution in [0.3, 0.4) is 0 Å². The highest BCUT2D eigenvalue weighted by molar-refractivity contribution is 6.06. The zero-order valence-corrected chi connectivity index (χ0v) is 14.8. The highest BCUT2D eigenvalue weighted by Gasteiger charge is 2.12. The molecule has 0 aliphatic carbocycles. The molecule has 0 radical (unpaired) electrons. The van der Waals surface area contributed by atoms with E-state index in [2.05, 4.69) is 48.6 Å². The van der Waals surface area contributed by atoms with E-state index in [-0.39, 0.29) is 5.63 Å². The summed E-state index contributed by atoms with van der Waals surface area (Å²) >= 11 is 0. The molecule has 2 N–H and O–H groups in total. The maximum absolute atomic E-state index is 12.0. The fraction of sp³-hybridized carbons (Fsp3) is 0.174. The number of quaternary nitrogens is 1. The van der Waals surface area contributed by atoms with Gasteiger partial charge in [-0.3, -0.25) is 0 Å². The van der Waals surface area contributed by atoms with Gasteiger partial charge < -0.3 is 9.73 Å². The molecule has 4 aromatic rings. The number of nitrogens with two attached hydrogens (primary N) is 1. The van der Waals surface area contributed by atoms with Gasteiger partial charge in [0.1, 0.15) is 12.1 Å². The summed E-state index contributed by atoms with van der Waals surface area (Å²) in [5, 5.41) is 5.61. The van der Waals surface area contributed by atoms with E-state index in [0.717, 1.165) is 34.8 Å². The van der Waals surface area contributed by atoms with Crippen LogP contribution < -0.4 is 10.9 Å². The number of hydrogen-bond acceptors (Lipinski definition) is 2. The average molecular weight is 344 g/mol. The second-order valence-corrected chi connectivity index (χ2v) is 6.79. The highest BCUT2D eigenvalue weighted by Crippen LogP contribution is 2.26. The Morgan fingerprint density at radius 3 is 2.58 bits per heavy atom. The van der Waals surface area contributed by atoms with Gasteiger partial charge in [0.2, 0.25) is 0 Å². The normalized spacial score (nSPS) is 12.5. The molecule has 0 bridgehead atoms. The van der Waals surface area contributed by atoms with Gasteiger partial charge >= 0.3 is 5.63 Å². The molecule has 0 aliphatic heterocycles. The van der Waals surface area contributed by atoms with E-state index in [1.54, 1.807) is 6.07 Å². The molecule has 130 valence electrons. The summed E-state index contributed by atoms with van der Waals surface area (Å²) in [6, 6.07) is 24.3. The smallest absolute Gasteiger partial charge is 0.336 e. The van der Waals surface area contributed by atoms with E-state index < -0.39 is 0 Å². The number of rotatable bonds is 5. The lowest BCUT2D eigenvalue weighted by Gasteiger charge is -2.12. The van der Waals surface area contributed by atoms with E-state index in [1.165, 1.54) is 5.56 Å². The SMILES string of the molecule is C[C@@H](C[NH2+]Cc1cc(=O)oc2ccc3ccccc3c12)c1ccccc1. The van der Waals surface area contributed by atoms with Crippen LogP contribution in [0.5, 0.6) is 0 Å². The largest absolute Gasteiger partial charge is 0.423 e. The Morgan fingerprint density at radius 2 is 1.73 bits per heavy atom. The van der Waals surface area contributed by atoms with E-state index >= 15 is 0 Å². The lowest BCUT2D eigenvalue weighted by Crippen LogP contribution is -2.83. The summed E-state index contributed by atoms with van der Waals surface area (Å²) in [6.45, 7) is 3.96. The topological polar surface area (TPSA) is 46.8 Å². The molecule has 26 heavy (non-hydrogen) atoms. The lowest BCUT2D eigenvalue weighted by atomic mass is 10.00. The molecule has 0 aliphatic rings. The molecule has 0 amide bonds. The Labute approximate surface area is 152 Å². The van der Waals surface area contributed by atoms with E-state index in [1.807, 2.05) is 30.3 Å². The Kier molecular flexibility index (Phi) is 4.55. The summed E-state index contributed by atoms with van der Waals surface area (Å²) in [7, 11) is 0. The minimum Gasteiger partial charge on any atom is -0.423 e. The second kappa shape index (κ2) is 7.14. The third-order valence-corrected chi connectivity index (χ3v) is 4.97. The van der Waals surface area contributed by atoms with Crippen molar-refractivity contribution < 1.29 is 9.73 Å². The van der Waals surface area contributed by atoms with Crippen LogP contribution in [0.4, 0.5) is 0 Å². The molecule has 3 nitrogen and oxygen atoms in total. The van der Waals surface area contributed by atoms with Crippen molar-refractivity contribution in [2.75, 3.05) is 6.54 Å². The van der Waals surface area contributed by atoms with E-state index in [4.69, 9.17) is 4.42 Å². The van der Waals surface area contributed by atoms with Crippen molar-refractivity contribution in [1.82, 2.24) is 0 Å². The molecule has 0 saturated heterocycles. The van der Waals surface area contributed by atoms with Gasteiger partial charge in [0.25, 0.3) is 0 Å². The van der Waals surface area contributed by atoms with Crippen LogP contribution in [0.1, 0.15) is 24.0 Å². The summed E-state index contributed by atoms with van der Waals surface area (Å²) in [4.78, 5) is 12.0. The van der Waals surface area contributed by atoms with Crippen molar-refractivity contribution >= 4 is 21.7 Å². The van der Waals surface area contributed by atoms with Crippen LogP contribution in [0, 0.1) is 0 Å². The minimum atomic E-state index is -0.285. The van der Waals surface area contributed by atoms with Crippen LogP contribution >= 0.6 is 0 Å². The fourth-order valence-corrected chi connectivity index (χ4v) is 3.59. The molecule has 1 aromatic heterocycles. The monoisotopic (exact) mass is 344 g/mol. The van der Waals surface area contributed by atoms with Crippen molar-refractivity contribution in [3.8, 4) is 0 Å². The van der Waals surface area contributed by atoms with Crippen molar-refractivity contribution in [2.45, 2.75) is 19.4 Å². The van der Waals surface area contributed by atoms with Gasteiger partial charge in [-0.2, -0.15) is 0 Å². The predicted molar refractivity (Wildman–Crippen MR) is 105 cm³/mol. The number of fused-ring (bicyclic) bond motifs is 3. The molecule has 1 heterocycles. The summed E-state index contributed by atoms with van der Waals surface area (Å²) in [5.41, 5.74) is 2.75. The molecule has 4 rings (SSSR count). The summed E-state index contributed by atoms with van der Waals surface area (Å²) < 4.78 is 5.44. The molecule has 3 heteroatoms. The summed E-state index contributed by atoms with van der Waals surface area (Å²) in [6.07, 6.45) is 0. The minimum absolute atomic E-state index is 0.285. The van der Waals surface area contributed by atoms with Gasteiger partial charge in [0.05, 0.1) is 6.54 Å². The summed E-state index contributed by atoms with van der Waals surface area (Å²) in [5.74, 6) is 0.458. The number of hydrogen-bond donors (Lipinski definition) is 1. The Balaban J connectivity index is 1.63. The zero-order valence-electron chi connectivity index (χ0n) is 14.8. The Morgan fingerprint density at radius 1 is 0.962 bits per heavy atom. The van der Waals surface area contributed by atoms with Crippen LogP contribution in [-0.4, -0.2) is 6.54 Å². The first-order chi connectivity index (χ1) is 12.7. The van der Waals surface area contributed by atoms with E-state index in [9.17, 15) is 4.79 Å². The first-order valence-corrected chi connectivity index (χ1v) is 9.03. The zero-order chi connectivity index (χ0) is 17.9. The van der Waals surface area contributed by atoms with Crippen molar-refractivity contribution in [3.05, 3.63) is 94.3 Å². The highest BCUT2D eigenvalue weighted by atomic mass is 16.4. The van der Waals surface area contributed by atoms with Crippen LogP contribution in [0.15, 0.2) is 82.0 Å². The van der Waals surface area contributed by atoms with Gasteiger partial charge in [-0.1, -0.05) is 67.6 Å². The Bertz CT molecular complexity index is 1100. The first kappa shape index (κ1) is 16.6. The van der Waals surface area contributed by atoms with Gasteiger partial charge in [0, 0.05) is 22.9 Å². The second-order valence-electron chi connectivity index (χ2n) is 6.79. The molecular formula is C23H22NO2+. The van der Waals surface area contributed by atoms with Crippen molar-refractivity contribution in [2.24, 2.45) is 0 Å². The van der Waals surface area contributed by atoms with Crippen molar-refractivity contribution in [1.29, 1.82) is 0 Å². The van der Waals surface area contributed by atoms with Crippen LogP contribution in [0.2, 0.25) is 0 Å². The van der Waals surface area contributed by atoms with Gasteiger partial charge in [-0.05, 0) is 22.4 Å². The standard InChI is InChI=1S/C23H21NO2/c1-16(17-7-3-2-4-8-17)14-24-15-19-13-22(25)26-21-12-11-18-9-5-6-10-20(18)23(19)21/h2-13,16,24H,14-15H2,1H3/p+1/t16-/m0/s1. The van der Waals surface area contributed by atoms with Crippen molar-refractivity contribution in [3.63, 3.8) is 0 Å². The lowest BCUT2D eigenvalue weighted by molar-refractivity contribution is -0.672. The van der Waals surface area contributed by atoms with Crippen LogP contribution in [-0.2, 0) is 6.54 Å². The quantitative estimate of drug-likeness (QED) is 0.442. The van der Waals surface area contributed by atoms with E-state index in [0.29, 0.717) is 11.5 Å². The maximum atomic E-state index is 12.0. The number of benzene rings is 3. The molecule has 0 fully saturated rings.